The lowest BCUT2D eigenvalue weighted by Crippen LogP contribution is -2.40. The summed E-state index contributed by atoms with van der Waals surface area (Å²) in [5.74, 6) is 0.0605. The number of carbonyl (C=O) groups excluding carboxylic acids is 2. The Morgan fingerprint density at radius 2 is 2.00 bits per heavy atom. The smallest absolute Gasteiger partial charge is 0.225 e. The third-order valence-corrected chi connectivity index (χ3v) is 4.69. The third kappa shape index (κ3) is 2.82. The first-order chi connectivity index (χ1) is 9.85. The van der Waals surface area contributed by atoms with Gasteiger partial charge in [-0.15, -0.1) is 0 Å². The van der Waals surface area contributed by atoms with Crippen molar-refractivity contribution in [2.75, 3.05) is 0 Å². The molecule has 0 bridgehead atoms. The minimum atomic E-state index is -0.116. The average Bonchev–Trinajstić information content (AvgIpc) is 2.35. The van der Waals surface area contributed by atoms with Gasteiger partial charge in [0.15, 0.2) is 5.78 Å². The van der Waals surface area contributed by atoms with Gasteiger partial charge in [-0.3, -0.25) is 9.59 Å². The van der Waals surface area contributed by atoms with Crippen LogP contribution in [0.15, 0.2) is 40.0 Å². The van der Waals surface area contributed by atoms with E-state index >= 15 is 0 Å². The molecule has 0 fully saturated rings. The Balaban J connectivity index is 2.08. The van der Waals surface area contributed by atoms with Crippen molar-refractivity contribution in [2.45, 2.75) is 39.0 Å². The molecule has 0 spiro atoms. The van der Waals surface area contributed by atoms with Crippen LogP contribution in [0.3, 0.4) is 0 Å². The molecule has 3 nitrogen and oxygen atoms in total. The Morgan fingerprint density at radius 1 is 1.24 bits per heavy atom. The minimum Gasteiger partial charge on any atom is -0.329 e. The van der Waals surface area contributed by atoms with E-state index < -0.39 is 0 Å². The largest absolute Gasteiger partial charge is 0.329 e. The molecular formula is C17H18BrNO2. The van der Waals surface area contributed by atoms with Crippen LogP contribution < -0.4 is 5.32 Å². The Kier molecular flexibility index (Phi) is 3.52. The Morgan fingerprint density at radius 3 is 2.71 bits per heavy atom. The molecule has 21 heavy (non-hydrogen) atoms. The molecule has 0 radical (unpaired) electrons. The van der Waals surface area contributed by atoms with Crippen LogP contribution in [-0.2, 0) is 9.59 Å². The van der Waals surface area contributed by atoms with Crippen LogP contribution in [0.1, 0.15) is 44.6 Å². The van der Waals surface area contributed by atoms with Crippen LogP contribution in [0.4, 0.5) is 0 Å². The van der Waals surface area contributed by atoms with Gasteiger partial charge in [-0.2, -0.15) is 0 Å². The van der Waals surface area contributed by atoms with Gasteiger partial charge in [-0.25, -0.2) is 0 Å². The number of nitrogens with one attached hydrogen (secondary N) is 1. The predicted molar refractivity (Wildman–Crippen MR) is 84.7 cm³/mol. The second-order valence-electron chi connectivity index (χ2n) is 6.69. The van der Waals surface area contributed by atoms with Gasteiger partial charge in [0.1, 0.15) is 0 Å². The first-order valence-corrected chi connectivity index (χ1v) is 7.96. The standard InChI is InChI=1S/C17H18BrNO2/c1-17(2)8-13-16(14(20)9-17)12(7-15(21)19-13)10-4-3-5-11(18)6-10/h3-6,12H,7-9H2,1-2H3,(H,19,21)/t12-/m0/s1. The van der Waals surface area contributed by atoms with Crippen molar-refractivity contribution in [3.8, 4) is 0 Å². The van der Waals surface area contributed by atoms with E-state index in [1.807, 2.05) is 24.3 Å². The molecule has 1 atom stereocenters. The van der Waals surface area contributed by atoms with Crippen molar-refractivity contribution in [3.63, 3.8) is 0 Å². The highest BCUT2D eigenvalue weighted by molar-refractivity contribution is 9.10. The molecule has 1 aliphatic carbocycles. The molecule has 0 saturated carbocycles. The van der Waals surface area contributed by atoms with Gasteiger partial charge < -0.3 is 5.32 Å². The normalized spacial score (nSPS) is 24.6. The fraction of sp³-hybridized carbons (Fsp3) is 0.412. The fourth-order valence-electron chi connectivity index (χ4n) is 3.37. The molecule has 1 aromatic carbocycles. The van der Waals surface area contributed by atoms with Gasteiger partial charge in [0, 0.05) is 34.5 Å². The van der Waals surface area contributed by atoms with E-state index in [-0.39, 0.29) is 23.0 Å². The lowest BCUT2D eigenvalue weighted by molar-refractivity contribution is -0.122. The van der Waals surface area contributed by atoms with Gasteiger partial charge in [-0.1, -0.05) is 41.9 Å². The Bertz CT molecular complexity index is 661. The van der Waals surface area contributed by atoms with E-state index in [9.17, 15) is 9.59 Å². The summed E-state index contributed by atoms with van der Waals surface area (Å²) in [6, 6.07) is 7.89. The number of allylic oxidation sites excluding steroid dienone is 2. The highest BCUT2D eigenvalue weighted by Gasteiger charge is 2.40. The maximum Gasteiger partial charge on any atom is 0.225 e. The van der Waals surface area contributed by atoms with Crippen LogP contribution in [0.5, 0.6) is 0 Å². The molecule has 0 aromatic heterocycles. The Labute approximate surface area is 132 Å². The van der Waals surface area contributed by atoms with E-state index in [2.05, 4.69) is 35.1 Å². The Hall–Kier alpha value is -1.42. The molecule has 0 saturated heterocycles. The molecule has 1 heterocycles. The molecular weight excluding hydrogens is 330 g/mol. The van der Waals surface area contributed by atoms with Crippen LogP contribution in [0.25, 0.3) is 0 Å². The van der Waals surface area contributed by atoms with E-state index in [1.165, 1.54) is 0 Å². The molecule has 2 aliphatic rings. The number of rotatable bonds is 1. The minimum absolute atomic E-state index is 0.00391. The summed E-state index contributed by atoms with van der Waals surface area (Å²) in [6.45, 7) is 4.15. The van der Waals surface area contributed by atoms with Gasteiger partial charge in [0.05, 0.1) is 0 Å². The summed E-state index contributed by atoms with van der Waals surface area (Å²) in [7, 11) is 0. The molecule has 1 amide bonds. The van der Waals surface area contributed by atoms with Crippen LogP contribution in [0, 0.1) is 5.41 Å². The zero-order chi connectivity index (χ0) is 15.2. The van der Waals surface area contributed by atoms with Gasteiger partial charge in [0.2, 0.25) is 5.91 Å². The van der Waals surface area contributed by atoms with Crippen LogP contribution >= 0.6 is 15.9 Å². The number of amides is 1. The van der Waals surface area contributed by atoms with E-state index in [0.717, 1.165) is 27.7 Å². The monoisotopic (exact) mass is 347 g/mol. The van der Waals surface area contributed by atoms with Gasteiger partial charge >= 0.3 is 0 Å². The van der Waals surface area contributed by atoms with Crippen molar-refractivity contribution in [1.82, 2.24) is 5.32 Å². The van der Waals surface area contributed by atoms with Crippen molar-refractivity contribution in [1.29, 1.82) is 0 Å². The first kappa shape index (κ1) is 14.5. The topological polar surface area (TPSA) is 46.2 Å². The molecule has 1 N–H and O–H groups in total. The quantitative estimate of drug-likeness (QED) is 0.841. The second-order valence-corrected chi connectivity index (χ2v) is 7.61. The SMILES string of the molecule is CC1(C)CC(=O)C2=C(C1)NC(=O)C[C@H]2c1cccc(Br)c1. The zero-order valence-corrected chi connectivity index (χ0v) is 13.8. The summed E-state index contributed by atoms with van der Waals surface area (Å²) in [6.07, 6.45) is 1.65. The zero-order valence-electron chi connectivity index (χ0n) is 12.2. The number of benzene rings is 1. The van der Waals surface area contributed by atoms with Crippen molar-refractivity contribution < 1.29 is 9.59 Å². The lowest BCUT2D eigenvalue weighted by Gasteiger charge is -2.37. The number of hydrogen-bond donors (Lipinski definition) is 1. The lowest BCUT2D eigenvalue weighted by atomic mass is 9.70. The molecule has 4 heteroatoms. The summed E-state index contributed by atoms with van der Waals surface area (Å²) < 4.78 is 0.969. The summed E-state index contributed by atoms with van der Waals surface area (Å²) >= 11 is 3.46. The predicted octanol–water partition coefficient (Wildman–Crippen LogP) is 3.70. The summed E-state index contributed by atoms with van der Waals surface area (Å²) in [4.78, 5) is 24.6. The average molecular weight is 348 g/mol. The van der Waals surface area contributed by atoms with E-state index in [0.29, 0.717) is 12.8 Å². The van der Waals surface area contributed by atoms with E-state index in [1.54, 1.807) is 0 Å². The summed E-state index contributed by atoms with van der Waals surface area (Å²) in [5.41, 5.74) is 2.59. The molecule has 3 rings (SSSR count). The second kappa shape index (κ2) is 5.09. The third-order valence-electron chi connectivity index (χ3n) is 4.20. The van der Waals surface area contributed by atoms with Gasteiger partial charge in [-0.05, 0) is 29.5 Å². The fourth-order valence-corrected chi connectivity index (χ4v) is 3.78. The molecule has 1 aliphatic heterocycles. The number of carbonyl (C=O) groups is 2. The first-order valence-electron chi connectivity index (χ1n) is 7.17. The highest BCUT2D eigenvalue weighted by Crippen LogP contribution is 2.44. The van der Waals surface area contributed by atoms with Crippen molar-refractivity contribution >= 4 is 27.6 Å². The molecule has 1 aromatic rings. The number of hydrogen-bond acceptors (Lipinski definition) is 2. The van der Waals surface area contributed by atoms with Crippen LogP contribution in [0.2, 0.25) is 0 Å². The highest BCUT2D eigenvalue weighted by atomic mass is 79.9. The number of Topliss-reactive ketones (excluding diaryl/α,β-unsaturated/α-hetero) is 1. The number of halogens is 1. The maximum atomic E-state index is 12.6. The maximum absolute atomic E-state index is 12.6. The molecule has 110 valence electrons. The van der Waals surface area contributed by atoms with Crippen molar-refractivity contribution in [3.05, 3.63) is 45.6 Å². The molecule has 0 unspecified atom stereocenters. The number of ketones is 1. The van der Waals surface area contributed by atoms with Crippen LogP contribution in [-0.4, -0.2) is 11.7 Å². The van der Waals surface area contributed by atoms with Gasteiger partial charge in [0.25, 0.3) is 0 Å². The van der Waals surface area contributed by atoms with E-state index in [4.69, 9.17) is 0 Å². The van der Waals surface area contributed by atoms with Crippen molar-refractivity contribution in [2.24, 2.45) is 5.41 Å². The summed E-state index contributed by atoms with van der Waals surface area (Å²) in [5, 5.41) is 2.93.